The van der Waals surface area contributed by atoms with Crippen molar-refractivity contribution < 1.29 is 8.78 Å². The lowest BCUT2D eigenvalue weighted by molar-refractivity contribution is 0.557. The van der Waals surface area contributed by atoms with Gasteiger partial charge in [0.05, 0.1) is 11.9 Å². The highest BCUT2D eigenvalue weighted by Crippen LogP contribution is 2.12. The third-order valence-electron chi connectivity index (χ3n) is 3.10. The number of nitrogens with zero attached hydrogens (tertiary/aromatic N) is 3. The lowest BCUT2D eigenvalue weighted by Gasteiger charge is -2.13. The summed E-state index contributed by atoms with van der Waals surface area (Å²) in [6.45, 7) is 0.906. The van der Waals surface area contributed by atoms with Crippen LogP contribution in [0, 0.1) is 11.6 Å². The van der Waals surface area contributed by atoms with E-state index in [2.05, 4.69) is 10.3 Å². The summed E-state index contributed by atoms with van der Waals surface area (Å²) < 4.78 is 28.2. The van der Waals surface area contributed by atoms with Crippen molar-refractivity contribution in [3.63, 3.8) is 0 Å². The Morgan fingerprint density at radius 1 is 1.25 bits per heavy atom. The summed E-state index contributed by atoms with van der Waals surface area (Å²) in [4.78, 5) is 6.22. The largest absolute Gasteiger partial charge is 0.348 e. The van der Waals surface area contributed by atoms with Crippen LogP contribution in [0.1, 0.15) is 11.3 Å². The molecule has 0 radical (unpaired) electrons. The van der Waals surface area contributed by atoms with Gasteiger partial charge in [-0.2, -0.15) is 0 Å². The highest BCUT2D eigenvalue weighted by molar-refractivity contribution is 5.31. The van der Waals surface area contributed by atoms with E-state index in [4.69, 9.17) is 0 Å². The minimum absolute atomic E-state index is 0.342. The lowest BCUT2D eigenvalue weighted by atomic mass is 10.2. The van der Waals surface area contributed by atoms with E-state index in [-0.39, 0.29) is 0 Å². The van der Waals surface area contributed by atoms with Gasteiger partial charge in [0.2, 0.25) is 5.95 Å². The van der Waals surface area contributed by atoms with Crippen molar-refractivity contribution in [3.8, 4) is 0 Å². The second kappa shape index (κ2) is 6.00. The molecule has 0 amide bonds. The highest BCUT2D eigenvalue weighted by atomic mass is 19.1. The van der Waals surface area contributed by atoms with Gasteiger partial charge in [-0.1, -0.05) is 6.07 Å². The smallest absolute Gasteiger partial charge is 0.204 e. The Bertz CT molecular complexity index is 593. The molecule has 0 aliphatic heterocycles. The molecule has 0 fully saturated rings. The van der Waals surface area contributed by atoms with Crippen LogP contribution in [-0.2, 0) is 20.1 Å². The molecule has 0 unspecified atom stereocenters. The van der Waals surface area contributed by atoms with Crippen molar-refractivity contribution in [2.24, 2.45) is 7.05 Å². The first-order valence-electron chi connectivity index (χ1n) is 6.31. The molecule has 0 aliphatic rings. The molecule has 0 atom stereocenters. The maximum absolute atomic E-state index is 13.5. The number of anilines is 1. The van der Waals surface area contributed by atoms with Gasteiger partial charge >= 0.3 is 0 Å². The number of nitrogens with one attached hydrogen (secondary N) is 1. The van der Waals surface area contributed by atoms with Crippen molar-refractivity contribution in [1.82, 2.24) is 14.9 Å². The predicted molar refractivity (Wildman–Crippen MR) is 74.4 cm³/mol. The molecule has 0 saturated heterocycles. The third kappa shape index (κ3) is 3.14. The molecular formula is C14H18F2N4. The van der Waals surface area contributed by atoms with E-state index >= 15 is 0 Å². The zero-order chi connectivity index (χ0) is 14.7. The Morgan fingerprint density at radius 3 is 2.60 bits per heavy atom. The average Bonchev–Trinajstić information content (AvgIpc) is 2.74. The first-order chi connectivity index (χ1) is 9.49. The molecule has 1 aromatic heterocycles. The molecule has 2 aromatic rings. The second-order valence-electron chi connectivity index (χ2n) is 4.84. The molecular weight excluding hydrogens is 262 g/mol. The fraction of sp³-hybridized carbons (Fsp3) is 0.357. The summed E-state index contributed by atoms with van der Waals surface area (Å²) in [5, 5.41) is 3.13. The molecule has 20 heavy (non-hydrogen) atoms. The average molecular weight is 280 g/mol. The van der Waals surface area contributed by atoms with Crippen LogP contribution in [0.3, 0.4) is 0 Å². The first-order valence-corrected chi connectivity index (χ1v) is 6.31. The van der Waals surface area contributed by atoms with Gasteiger partial charge in [0.15, 0.2) is 0 Å². The SMILES string of the molecule is CN(C)c1ncc(CNCc2ccc(F)cc2F)n1C. The van der Waals surface area contributed by atoms with Gasteiger partial charge in [-0.05, 0) is 6.07 Å². The van der Waals surface area contributed by atoms with Gasteiger partial charge < -0.3 is 14.8 Å². The molecule has 2 rings (SSSR count). The van der Waals surface area contributed by atoms with Crippen LogP contribution in [0.25, 0.3) is 0 Å². The number of imidazole rings is 1. The van der Waals surface area contributed by atoms with Crippen molar-refractivity contribution in [2.75, 3.05) is 19.0 Å². The molecule has 1 heterocycles. The van der Waals surface area contributed by atoms with E-state index in [0.29, 0.717) is 18.7 Å². The molecule has 0 aliphatic carbocycles. The molecule has 1 N–H and O–H groups in total. The van der Waals surface area contributed by atoms with Crippen molar-refractivity contribution in [1.29, 1.82) is 0 Å². The number of hydrogen-bond acceptors (Lipinski definition) is 3. The van der Waals surface area contributed by atoms with Gasteiger partial charge in [0.25, 0.3) is 0 Å². The fourth-order valence-electron chi connectivity index (χ4n) is 2.00. The van der Waals surface area contributed by atoms with Gasteiger partial charge in [-0.25, -0.2) is 13.8 Å². The quantitative estimate of drug-likeness (QED) is 0.910. The summed E-state index contributed by atoms with van der Waals surface area (Å²) in [6.07, 6.45) is 1.78. The van der Waals surface area contributed by atoms with Gasteiger partial charge in [0, 0.05) is 45.9 Å². The molecule has 4 nitrogen and oxygen atoms in total. The van der Waals surface area contributed by atoms with Crippen molar-refractivity contribution in [3.05, 3.63) is 47.3 Å². The number of aromatic nitrogens is 2. The predicted octanol–water partition coefficient (Wildman–Crippen LogP) is 2.05. The summed E-state index contributed by atoms with van der Waals surface area (Å²) in [7, 11) is 5.78. The lowest BCUT2D eigenvalue weighted by Crippen LogP contribution is -2.18. The van der Waals surface area contributed by atoms with Crippen molar-refractivity contribution in [2.45, 2.75) is 13.1 Å². The van der Waals surface area contributed by atoms with Crippen LogP contribution in [0.15, 0.2) is 24.4 Å². The van der Waals surface area contributed by atoms with E-state index in [9.17, 15) is 8.78 Å². The number of halogens is 2. The summed E-state index contributed by atoms with van der Waals surface area (Å²) in [5.41, 5.74) is 1.44. The maximum atomic E-state index is 13.5. The zero-order valence-corrected chi connectivity index (χ0v) is 11.8. The molecule has 108 valence electrons. The third-order valence-corrected chi connectivity index (χ3v) is 3.10. The standard InChI is InChI=1S/C14H18F2N4/c1-19(2)14-18-9-12(20(14)3)8-17-7-10-4-5-11(15)6-13(10)16/h4-6,9,17H,7-8H2,1-3H3. The Hall–Kier alpha value is -1.95. The maximum Gasteiger partial charge on any atom is 0.204 e. The summed E-state index contributed by atoms with van der Waals surface area (Å²) in [5.74, 6) is -0.236. The van der Waals surface area contributed by atoms with Crippen LogP contribution >= 0.6 is 0 Å². The van der Waals surface area contributed by atoms with Gasteiger partial charge in [-0.3, -0.25) is 0 Å². The molecule has 6 heteroatoms. The minimum Gasteiger partial charge on any atom is -0.348 e. The highest BCUT2D eigenvalue weighted by Gasteiger charge is 2.08. The van der Waals surface area contributed by atoms with E-state index < -0.39 is 11.6 Å². The second-order valence-corrected chi connectivity index (χ2v) is 4.84. The van der Waals surface area contributed by atoms with E-state index in [1.54, 1.807) is 6.20 Å². The normalized spacial score (nSPS) is 10.8. The van der Waals surface area contributed by atoms with Crippen LogP contribution in [0.5, 0.6) is 0 Å². The van der Waals surface area contributed by atoms with E-state index in [1.807, 2.05) is 30.6 Å². The Morgan fingerprint density at radius 2 is 2.00 bits per heavy atom. The van der Waals surface area contributed by atoms with Gasteiger partial charge in [-0.15, -0.1) is 0 Å². The van der Waals surface area contributed by atoms with Crippen molar-refractivity contribution >= 4 is 5.95 Å². The molecule has 0 saturated carbocycles. The van der Waals surface area contributed by atoms with Crippen LogP contribution < -0.4 is 10.2 Å². The topological polar surface area (TPSA) is 33.1 Å². The molecule has 0 bridgehead atoms. The van der Waals surface area contributed by atoms with E-state index in [0.717, 1.165) is 17.7 Å². The van der Waals surface area contributed by atoms with Crippen LogP contribution in [0.2, 0.25) is 0 Å². The first kappa shape index (κ1) is 14.5. The van der Waals surface area contributed by atoms with Gasteiger partial charge in [0.1, 0.15) is 11.6 Å². The summed E-state index contributed by atoms with van der Waals surface area (Å²) >= 11 is 0. The molecule has 0 spiro atoms. The van der Waals surface area contributed by atoms with Crippen LogP contribution in [0.4, 0.5) is 14.7 Å². The van der Waals surface area contributed by atoms with E-state index in [1.165, 1.54) is 12.1 Å². The minimum atomic E-state index is -0.562. The zero-order valence-electron chi connectivity index (χ0n) is 11.8. The number of hydrogen-bond donors (Lipinski definition) is 1. The Kier molecular flexibility index (Phi) is 4.34. The Labute approximate surface area is 117 Å². The monoisotopic (exact) mass is 280 g/mol. The number of benzene rings is 1. The fourth-order valence-corrected chi connectivity index (χ4v) is 2.00. The summed E-state index contributed by atoms with van der Waals surface area (Å²) in [6, 6.07) is 3.60. The molecule has 1 aromatic carbocycles. The van der Waals surface area contributed by atoms with Crippen LogP contribution in [-0.4, -0.2) is 23.6 Å². The number of rotatable bonds is 5. The Balaban J connectivity index is 1.96.